The van der Waals surface area contributed by atoms with Crippen LogP contribution in [0.2, 0.25) is 0 Å². The highest BCUT2D eigenvalue weighted by Crippen LogP contribution is 2.27. The van der Waals surface area contributed by atoms with Gasteiger partial charge in [0.2, 0.25) is 0 Å². The Bertz CT molecular complexity index is 942. The maximum Gasteiger partial charge on any atom is 0.187 e. The monoisotopic (exact) mass is 588 g/mol. The summed E-state index contributed by atoms with van der Waals surface area (Å²) in [4.78, 5) is 0. The molecule has 0 aliphatic carbocycles. The summed E-state index contributed by atoms with van der Waals surface area (Å²) in [5.74, 6) is 0. The second-order valence-corrected chi connectivity index (χ2v) is 12.3. The van der Waals surface area contributed by atoms with Crippen molar-refractivity contribution in [3.8, 4) is 0 Å². The fraction of sp³-hybridized carbons (Fsp3) is 0.667. The van der Waals surface area contributed by atoms with E-state index in [2.05, 4.69) is 92.7 Å². The largest absolute Gasteiger partial charge is 0.394 e. The standard InChI is InChI=1S/C36H60O6/c1-26(2)13-10-16-29(7)19-22-39-34-33(38)32(25-37)42-36(41-24-21-31(9)18-12-15-28(5)6)35(34)40-23-20-30(8)17-11-14-27(3)4/h13-15,19-21,32-38H,10-12,16-18,22-25H2,1-9H3/b29-19+,30-20+,31-21+/t32-,33+,34+,35-,36?/m1/s1. The van der Waals surface area contributed by atoms with Crippen LogP contribution in [0.5, 0.6) is 0 Å². The first-order valence-corrected chi connectivity index (χ1v) is 15.6. The molecule has 42 heavy (non-hydrogen) atoms. The van der Waals surface area contributed by atoms with Crippen molar-refractivity contribution >= 4 is 0 Å². The lowest BCUT2D eigenvalue weighted by molar-refractivity contribution is -0.311. The molecule has 0 bridgehead atoms. The lowest BCUT2D eigenvalue weighted by atomic mass is 9.98. The van der Waals surface area contributed by atoms with E-state index in [0.29, 0.717) is 19.8 Å². The Labute approximate surface area is 256 Å². The van der Waals surface area contributed by atoms with Crippen LogP contribution in [0.3, 0.4) is 0 Å². The smallest absolute Gasteiger partial charge is 0.187 e. The van der Waals surface area contributed by atoms with Crippen LogP contribution in [-0.2, 0) is 18.9 Å². The Morgan fingerprint density at radius 1 is 0.571 bits per heavy atom. The number of rotatable bonds is 19. The number of hydrogen-bond acceptors (Lipinski definition) is 6. The van der Waals surface area contributed by atoms with Crippen molar-refractivity contribution in [2.24, 2.45) is 0 Å². The van der Waals surface area contributed by atoms with Crippen molar-refractivity contribution < 1.29 is 29.2 Å². The Balaban J connectivity index is 3.03. The Kier molecular flexibility index (Phi) is 19.9. The molecule has 0 aromatic rings. The van der Waals surface area contributed by atoms with Gasteiger partial charge in [-0.1, -0.05) is 69.9 Å². The quantitative estimate of drug-likeness (QED) is 0.149. The summed E-state index contributed by atoms with van der Waals surface area (Å²) in [5, 5.41) is 21.1. The van der Waals surface area contributed by atoms with Gasteiger partial charge in [0, 0.05) is 0 Å². The summed E-state index contributed by atoms with van der Waals surface area (Å²) >= 11 is 0. The highest BCUT2D eigenvalue weighted by Gasteiger charge is 2.47. The predicted molar refractivity (Wildman–Crippen MR) is 174 cm³/mol. The summed E-state index contributed by atoms with van der Waals surface area (Å²) < 4.78 is 24.7. The third kappa shape index (κ3) is 16.7. The normalized spacial score (nSPS) is 23.5. The van der Waals surface area contributed by atoms with Gasteiger partial charge in [-0.2, -0.15) is 0 Å². The Morgan fingerprint density at radius 3 is 1.33 bits per heavy atom. The van der Waals surface area contributed by atoms with Gasteiger partial charge in [0.1, 0.15) is 24.4 Å². The van der Waals surface area contributed by atoms with Gasteiger partial charge in [0.05, 0.1) is 26.4 Å². The van der Waals surface area contributed by atoms with Crippen LogP contribution in [0, 0.1) is 0 Å². The van der Waals surface area contributed by atoms with E-state index in [1.807, 2.05) is 6.08 Å². The van der Waals surface area contributed by atoms with Gasteiger partial charge >= 0.3 is 0 Å². The molecule has 0 saturated carbocycles. The zero-order chi connectivity index (χ0) is 31.5. The minimum Gasteiger partial charge on any atom is -0.394 e. The van der Waals surface area contributed by atoms with Gasteiger partial charge in [-0.25, -0.2) is 0 Å². The fourth-order valence-electron chi connectivity index (χ4n) is 4.50. The van der Waals surface area contributed by atoms with Gasteiger partial charge < -0.3 is 29.2 Å². The molecule has 1 aliphatic heterocycles. The number of aliphatic hydroxyl groups excluding tert-OH is 2. The summed E-state index contributed by atoms with van der Waals surface area (Å²) in [6.07, 6.45) is 14.6. The zero-order valence-corrected chi connectivity index (χ0v) is 27.9. The van der Waals surface area contributed by atoms with Crippen LogP contribution in [0.4, 0.5) is 0 Å². The first kappa shape index (κ1) is 38.2. The van der Waals surface area contributed by atoms with E-state index in [1.54, 1.807) is 0 Å². The molecular weight excluding hydrogens is 528 g/mol. The van der Waals surface area contributed by atoms with Crippen LogP contribution in [0.1, 0.15) is 101 Å². The highest BCUT2D eigenvalue weighted by molar-refractivity contribution is 5.05. The van der Waals surface area contributed by atoms with E-state index in [0.717, 1.165) is 38.5 Å². The Hall–Kier alpha value is -1.80. The summed E-state index contributed by atoms with van der Waals surface area (Å²) in [6.45, 7) is 19.6. The molecule has 0 radical (unpaired) electrons. The third-order valence-corrected chi connectivity index (χ3v) is 7.21. The highest BCUT2D eigenvalue weighted by atomic mass is 16.7. The van der Waals surface area contributed by atoms with Gasteiger partial charge in [0.15, 0.2) is 6.29 Å². The number of allylic oxidation sites excluding steroid dienone is 9. The predicted octanol–water partition coefficient (Wildman–Crippen LogP) is 7.93. The lowest BCUT2D eigenvalue weighted by Gasteiger charge is -2.43. The van der Waals surface area contributed by atoms with E-state index in [9.17, 15) is 10.2 Å². The van der Waals surface area contributed by atoms with Crippen molar-refractivity contribution in [1.29, 1.82) is 0 Å². The van der Waals surface area contributed by atoms with Crippen molar-refractivity contribution in [3.63, 3.8) is 0 Å². The Morgan fingerprint density at radius 2 is 0.952 bits per heavy atom. The molecule has 0 spiro atoms. The van der Waals surface area contributed by atoms with Gasteiger partial charge in [-0.3, -0.25) is 0 Å². The molecule has 1 fully saturated rings. The van der Waals surface area contributed by atoms with Crippen LogP contribution in [-0.4, -0.2) is 67.3 Å². The fourth-order valence-corrected chi connectivity index (χ4v) is 4.50. The maximum absolute atomic E-state index is 11.1. The van der Waals surface area contributed by atoms with Crippen LogP contribution < -0.4 is 0 Å². The van der Waals surface area contributed by atoms with E-state index >= 15 is 0 Å². The molecule has 0 aromatic carbocycles. The molecule has 2 N–H and O–H groups in total. The summed E-state index contributed by atoms with van der Waals surface area (Å²) in [5.41, 5.74) is 7.63. The molecule has 1 saturated heterocycles. The summed E-state index contributed by atoms with van der Waals surface area (Å²) in [7, 11) is 0. The van der Waals surface area contributed by atoms with E-state index < -0.39 is 30.7 Å². The van der Waals surface area contributed by atoms with Crippen LogP contribution in [0.25, 0.3) is 0 Å². The minimum absolute atomic E-state index is 0.327. The van der Waals surface area contributed by atoms with E-state index in [4.69, 9.17) is 18.9 Å². The minimum atomic E-state index is -1.05. The molecule has 1 rings (SSSR count). The van der Waals surface area contributed by atoms with Crippen molar-refractivity contribution in [3.05, 3.63) is 69.9 Å². The van der Waals surface area contributed by atoms with Crippen LogP contribution >= 0.6 is 0 Å². The molecular formula is C36H60O6. The SMILES string of the molecule is CC(C)=CCC/C(C)=C/COC1O[C@H](CO)[C@H](O)[C@H](OC/C=C(\C)CCC=C(C)C)[C@H]1OC/C=C(\C)CCC=C(C)C. The summed E-state index contributed by atoms with van der Waals surface area (Å²) in [6, 6.07) is 0. The number of aliphatic hydroxyl groups is 2. The molecule has 240 valence electrons. The third-order valence-electron chi connectivity index (χ3n) is 7.21. The topological polar surface area (TPSA) is 77.4 Å². The molecule has 1 aliphatic rings. The molecule has 1 unspecified atom stereocenters. The van der Waals surface area contributed by atoms with Gasteiger partial charge in [-0.15, -0.1) is 0 Å². The van der Waals surface area contributed by atoms with E-state index in [-0.39, 0.29) is 6.61 Å². The average molecular weight is 589 g/mol. The van der Waals surface area contributed by atoms with E-state index in [1.165, 1.54) is 33.4 Å². The van der Waals surface area contributed by atoms with Crippen LogP contribution in [0.15, 0.2) is 69.9 Å². The second kappa shape index (κ2) is 21.8. The number of ether oxygens (including phenoxy) is 4. The second-order valence-electron chi connectivity index (χ2n) is 12.3. The average Bonchev–Trinajstić information content (AvgIpc) is 2.90. The molecule has 6 heteroatoms. The van der Waals surface area contributed by atoms with Crippen molar-refractivity contribution in [2.45, 2.75) is 132 Å². The molecule has 5 atom stereocenters. The van der Waals surface area contributed by atoms with Gasteiger partial charge in [0.25, 0.3) is 0 Å². The lowest BCUT2D eigenvalue weighted by Crippen LogP contribution is -2.61. The molecule has 1 heterocycles. The molecule has 0 amide bonds. The molecule has 6 nitrogen and oxygen atoms in total. The molecule has 0 aromatic heterocycles. The van der Waals surface area contributed by atoms with Gasteiger partial charge in [-0.05, 0) is 101 Å². The zero-order valence-electron chi connectivity index (χ0n) is 27.9. The first-order chi connectivity index (χ1) is 19.9. The van der Waals surface area contributed by atoms with Crippen molar-refractivity contribution in [1.82, 2.24) is 0 Å². The van der Waals surface area contributed by atoms with Crippen molar-refractivity contribution in [2.75, 3.05) is 26.4 Å². The number of hydrogen-bond donors (Lipinski definition) is 2. The maximum atomic E-state index is 11.1. The first-order valence-electron chi connectivity index (χ1n) is 15.6.